The predicted octanol–water partition coefficient (Wildman–Crippen LogP) is 1.61. The second kappa shape index (κ2) is 6.41. The second-order valence-electron chi connectivity index (χ2n) is 4.76. The van der Waals surface area contributed by atoms with Gasteiger partial charge in [0, 0.05) is 29.0 Å². The third-order valence-electron chi connectivity index (χ3n) is 3.06. The zero-order valence-corrected chi connectivity index (χ0v) is 12.8. The molecule has 116 valence electrons. The first-order valence-corrected chi connectivity index (χ1v) is 7.62. The van der Waals surface area contributed by atoms with Crippen LogP contribution in [0.5, 0.6) is 0 Å². The third kappa shape index (κ3) is 3.61. The van der Waals surface area contributed by atoms with E-state index in [1.165, 1.54) is 11.3 Å². The maximum Gasteiger partial charge on any atom is 0.257 e. The van der Waals surface area contributed by atoms with Gasteiger partial charge in [-0.2, -0.15) is 0 Å². The van der Waals surface area contributed by atoms with E-state index in [4.69, 9.17) is 5.73 Å². The van der Waals surface area contributed by atoms with E-state index in [2.05, 4.69) is 15.3 Å². The lowest BCUT2D eigenvalue weighted by Gasteiger charge is -2.04. The number of carbonyl (C=O) groups excluding carboxylic acids is 2. The van der Waals surface area contributed by atoms with Gasteiger partial charge in [0.15, 0.2) is 5.13 Å². The van der Waals surface area contributed by atoms with Crippen LogP contribution in [0.3, 0.4) is 0 Å². The zero-order valence-electron chi connectivity index (χ0n) is 12.0. The number of aromatic nitrogens is 3. The van der Waals surface area contributed by atoms with E-state index in [9.17, 15) is 9.59 Å². The van der Waals surface area contributed by atoms with Gasteiger partial charge in [0.25, 0.3) is 5.91 Å². The number of nitrogens with two attached hydrogens (primary N) is 1. The van der Waals surface area contributed by atoms with Crippen LogP contribution < -0.4 is 11.1 Å². The second-order valence-corrected chi connectivity index (χ2v) is 5.62. The van der Waals surface area contributed by atoms with Crippen LogP contribution in [-0.2, 0) is 11.2 Å². The van der Waals surface area contributed by atoms with E-state index < -0.39 is 5.91 Å². The van der Waals surface area contributed by atoms with Crippen molar-refractivity contribution in [1.82, 2.24) is 14.5 Å². The molecule has 8 heteroatoms. The maximum atomic E-state index is 12.2. The lowest BCUT2D eigenvalue weighted by atomic mass is 10.2. The Balaban J connectivity index is 1.68. The van der Waals surface area contributed by atoms with Crippen molar-refractivity contribution in [3.63, 3.8) is 0 Å². The Bertz CT molecular complexity index is 824. The first-order chi connectivity index (χ1) is 11.1. The van der Waals surface area contributed by atoms with Crippen LogP contribution >= 0.6 is 11.3 Å². The molecule has 0 radical (unpaired) electrons. The van der Waals surface area contributed by atoms with Crippen molar-refractivity contribution < 1.29 is 9.59 Å². The maximum absolute atomic E-state index is 12.2. The van der Waals surface area contributed by atoms with Crippen molar-refractivity contribution >= 4 is 28.3 Å². The van der Waals surface area contributed by atoms with Crippen molar-refractivity contribution in [3.8, 4) is 5.69 Å². The molecule has 3 N–H and O–H groups in total. The number of carbonyl (C=O) groups is 2. The lowest BCUT2D eigenvalue weighted by Crippen LogP contribution is -2.14. The molecule has 0 aliphatic rings. The molecule has 0 unspecified atom stereocenters. The standard InChI is InChI=1S/C15H13N5O2S/c16-13(21)7-11-8-23-15(18-11)19-14(22)10-1-3-12(4-2-10)20-6-5-17-9-20/h1-6,8-9H,7H2,(H2,16,21)(H,18,19,22). The smallest absolute Gasteiger partial charge is 0.257 e. The van der Waals surface area contributed by atoms with Gasteiger partial charge in [0.2, 0.25) is 5.91 Å². The van der Waals surface area contributed by atoms with Crippen molar-refractivity contribution in [3.05, 3.63) is 59.6 Å². The van der Waals surface area contributed by atoms with Crippen LogP contribution in [0.2, 0.25) is 0 Å². The Hall–Kier alpha value is -3.00. The molecule has 0 atom stereocenters. The number of hydrogen-bond acceptors (Lipinski definition) is 5. The summed E-state index contributed by atoms with van der Waals surface area (Å²) in [5.74, 6) is -0.717. The molecule has 0 fully saturated rings. The highest BCUT2D eigenvalue weighted by molar-refractivity contribution is 7.14. The Morgan fingerprint density at radius 1 is 1.26 bits per heavy atom. The van der Waals surface area contributed by atoms with Crippen molar-refractivity contribution in [2.45, 2.75) is 6.42 Å². The summed E-state index contributed by atoms with van der Waals surface area (Å²) in [6.07, 6.45) is 5.26. The van der Waals surface area contributed by atoms with Crippen molar-refractivity contribution in [2.24, 2.45) is 5.73 Å². The monoisotopic (exact) mass is 327 g/mol. The molecule has 2 amide bonds. The fourth-order valence-electron chi connectivity index (χ4n) is 1.99. The average molecular weight is 327 g/mol. The minimum absolute atomic E-state index is 0.0615. The molecule has 3 rings (SSSR count). The van der Waals surface area contributed by atoms with Crippen LogP contribution in [0.25, 0.3) is 5.69 Å². The van der Waals surface area contributed by atoms with Crippen LogP contribution in [-0.4, -0.2) is 26.3 Å². The number of primary amides is 1. The summed E-state index contributed by atoms with van der Waals surface area (Å²) in [5, 5.41) is 4.84. The number of amides is 2. The summed E-state index contributed by atoms with van der Waals surface area (Å²) in [6, 6.07) is 7.11. The SMILES string of the molecule is NC(=O)Cc1csc(NC(=O)c2ccc(-n3ccnc3)cc2)n1. The summed E-state index contributed by atoms with van der Waals surface area (Å²) >= 11 is 1.25. The minimum Gasteiger partial charge on any atom is -0.369 e. The van der Waals surface area contributed by atoms with Crippen LogP contribution in [0.4, 0.5) is 5.13 Å². The molecule has 1 aromatic carbocycles. The van der Waals surface area contributed by atoms with Crippen LogP contribution in [0.15, 0.2) is 48.4 Å². The molecule has 23 heavy (non-hydrogen) atoms. The number of thiazole rings is 1. The molecule has 0 aliphatic heterocycles. The van der Waals surface area contributed by atoms with E-state index in [0.29, 0.717) is 16.4 Å². The van der Waals surface area contributed by atoms with Crippen LogP contribution in [0, 0.1) is 0 Å². The Kier molecular flexibility index (Phi) is 4.15. The number of anilines is 1. The normalized spacial score (nSPS) is 10.4. The van der Waals surface area contributed by atoms with E-state index in [1.54, 1.807) is 30.0 Å². The molecule has 0 spiro atoms. The topological polar surface area (TPSA) is 103 Å². The first-order valence-electron chi connectivity index (χ1n) is 6.74. The van der Waals surface area contributed by atoms with Gasteiger partial charge in [0.1, 0.15) is 0 Å². The molecular formula is C15H13N5O2S. The van der Waals surface area contributed by atoms with Crippen molar-refractivity contribution in [2.75, 3.05) is 5.32 Å². The Labute approximate surface area is 135 Å². The summed E-state index contributed by atoms with van der Waals surface area (Å²) in [7, 11) is 0. The molecule has 3 aromatic rings. The third-order valence-corrected chi connectivity index (χ3v) is 3.87. The highest BCUT2D eigenvalue weighted by Gasteiger charge is 2.10. The van der Waals surface area contributed by atoms with E-state index in [-0.39, 0.29) is 12.3 Å². The first kappa shape index (κ1) is 14.9. The Morgan fingerprint density at radius 2 is 2.04 bits per heavy atom. The highest BCUT2D eigenvalue weighted by atomic mass is 32.1. The molecule has 2 heterocycles. The number of nitrogens with zero attached hydrogens (tertiary/aromatic N) is 3. The lowest BCUT2D eigenvalue weighted by molar-refractivity contribution is -0.117. The summed E-state index contributed by atoms with van der Waals surface area (Å²) in [4.78, 5) is 31.2. The van der Waals surface area contributed by atoms with Gasteiger partial charge in [-0.1, -0.05) is 0 Å². The number of rotatable bonds is 5. The van der Waals surface area contributed by atoms with Gasteiger partial charge in [-0.3, -0.25) is 14.9 Å². The molecule has 0 saturated heterocycles. The van der Waals surface area contributed by atoms with Gasteiger partial charge in [0.05, 0.1) is 18.4 Å². The fourth-order valence-corrected chi connectivity index (χ4v) is 2.70. The van der Waals surface area contributed by atoms with E-state index >= 15 is 0 Å². The minimum atomic E-state index is -0.455. The van der Waals surface area contributed by atoms with Gasteiger partial charge in [-0.05, 0) is 24.3 Å². The highest BCUT2D eigenvalue weighted by Crippen LogP contribution is 2.17. The number of nitrogens with one attached hydrogen (secondary N) is 1. The summed E-state index contributed by atoms with van der Waals surface area (Å²) < 4.78 is 1.85. The van der Waals surface area contributed by atoms with Gasteiger partial charge >= 0.3 is 0 Å². The predicted molar refractivity (Wildman–Crippen MR) is 86.5 cm³/mol. The molecule has 2 aromatic heterocycles. The average Bonchev–Trinajstić information content (AvgIpc) is 3.19. The number of benzene rings is 1. The zero-order chi connectivity index (χ0) is 16.2. The molecule has 0 saturated carbocycles. The summed E-state index contributed by atoms with van der Waals surface area (Å²) in [6.45, 7) is 0. The quantitative estimate of drug-likeness (QED) is 0.743. The van der Waals surface area contributed by atoms with Crippen LogP contribution in [0.1, 0.15) is 16.1 Å². The molecule has 7 nitrogen and oxygen atoms in total. The van der Waals surface area contributed by atoms with Gasteiger partial charge < -0.3 is 10.3 Å². The largest absolute Gasteiger partial charge is 0.369 e. The van der Waals surface area contributed by atoms with E-state index in [1.807, 2.05) is 22.9 Å². The van der Waals surface area contributed by atoms with Crippen molar-refractivity contribution in [1.29, 1.82) is 0 Å². The fraction of sp³-hybridized carbons (Fsp3) is 0.0667. The molecule has 0 bridgehead atoms. The number of imidazole rings is 1. The van der Waals surface area contributed by atoms with Gasteiger partial charge in [-0.25, -0.2) is 9.97 Å². The molecule has 0 aliphatic carbocycles. The van der Waals surface area contributed by atoms with E-state index in [0.717, 1.165) is 5.69 Å². The molecular weight excluding hydrogens is 314 g/mol. The summed E-state index contributed by atoms with van der Waals surface area (Å²) in [5.41, 5.74) is 7.09. The Morgan fingerprint density at radius 3 is 2.70 bits per heavy atom. The van der Waals surface area contributed by atoms with Gasteiger partial charge in [-0.15, -0.1) is 11.3 Å². The number of hydrogen-bond donors (Lipinski definition) is 2.